The number of amides is 1. The second-order valence-corrected chi connectivity index (χ2v) is 2.80. The summed E-state index contributed by atoms with van der Waals surface area (Å²) in [6.45, 7) is 0. The van der Waals surface area contributed by atoms with Gasteiger partial charge in [0.15, 0.2) is 6.21 Å². The van der Waals surface area contributed by atoms with Gasteiger partial charge in [0.25, 0.3) is 5.91 Å². The lowest BCUT2D eigenvalue weighted by atomic mass is 10.0. The van der Waals surface area contributed by atoms with Crippen molar-refractivity contribution in [2.24, 2.45) is 5.73 Å². The molecule has 0 heterocycles. The van der Waals surface area contributed by atoms with Crippen LogP contribution in [0.2, 0.25) is 0 Å². The Morgan fingerprint density at radius 3 is 2.40 bits per heavy atom. The molecule has 15 heavy (non-hydrogen) atoms. The molecule has 0 saturated carbocycles. The first-order chi connectivity index (χ1) is 7.20. The highest BCUT2D eigenvalue weighted by Gasteiger charge is 2.13. The molecule has 4 heteroatoms. The fourth-order valence-electron chi connectivity index (χ4n) is 1.19. The Morgan fingerprint density at radius 1 is 1.40 bits per heavy atom. The van der Waals surface area contributed by atoms with Crippen molar-refractivity contribution in [2.45, 2.75) is 0 Å². The van der Waals surface area contributed by atoms with E-state index in [0.29, 0.717) is 11.1 Å². The quantitative estimate of drug-likeness (QED) is 0.383. The van der Waals surface area contributed by atoms with Crippen LogP contribution in [0, 0.1) is 11.3 Å². The lowest BCUT2D eigenvalue weighted by molar-refractivity contribution is -0.114. The van der Waals surface area contributed by atoms with Gasteiger partial charge in [0.1, 0.15) is 11.6 Å². The third kappa shape index (κ3) is 2.29. The normalized spacial score (nSPS) is 11.1. The van der Waals surface area contributed by atoms with E-state index < -0.39 is 5.91 Å². The third-order valence-corrected chi connectivity index (χ3v) is 1.88. The fraction of sp³-hybridized carbons (Fsp3) is 0. The van der Waals surface area contributed by atoms with Crippen LogP contribution in [0.3, 0.4) is 0 Å². The third-order valence-electron chi connectivity index (χ3n) is 1.88. The first kappa shape index (κ1) is 10.7. The summed E-state index contributed by atoms with van der Waals surface area (Å²) in [4.78, 5) is 11.0. The molecule has 74 valence electrons. The molecule has 0 fully saturated rings. The van der Waals surface area contributed by atoms with Crippen LogP contribution >= 0.6 is 0 Å². The van der Waals surface area contributed by atoms with Gasteiger partial charge >= 0.3 is 0 Å². The van der Waals surface area contributed by atoms with Gasteiger partial charge < -0.3 is 5.73 Å². The number of carbonyl (C=O) groups excluding carboxylic acids is 1. The largest absolute Gasteiger partial charge is 0.365 e. The highest BCUT2D eigenvalue weighted by Crippen LogP contribution is 2.15. The van der Waals surface area contributed by atoms with Gasteiger partial charge in [-0.25, -0.2) is 0 Å². The van der Waals surface area contributed by atoms with Crippen molar-refractivity contribution in [3.63, 3.8) is 0 Å². The smallest absolute Gasteiger partial charge is 0.260 e. The predicted octanol–water partition coefficient (Wildman–Crippen LogP) is -0.721. The maximum atomic E-state index is 11.0. The lowest BCUT2D eigenvalue weighted by Crippen LogP contribution is -2.31. The number of allylic oxidation sites excluding steroid dienone is 1. The molecule has 4 N–H and O–H groups in total. The summed E-state index contributed by atoms with van der Waals surface area (Å²) in [5.74, 6) is -0.780. The molecule has 1 aromatic carbocycles. The molecule has 0 aromatic heterocycles. The Morgan fingerprint density at radius 2 is 2.00 bits per heavy atom. The van der Waals surface area contributed by atoms with Gasteiger partial charge in [0.2, 0.25) is 0 Å². The maximum absolute atomic E-state index is 11.0. The van der Waals surface area contributed by atoms with Crippen LogP contribution in [0.15, 0.2) is 35.9 Å². The van der Waals surface area contributed by atoms with Crippen LogP contribution in [0.4, 0.5) is 0 Å². The average Bonchev–Trinajstić information content (AvgIpc) is 2.26. The van der Waals surface area contributed by atoms with Crippen LogP contribution in [0.5, 0.6) is 0 Å². The van der Waals surface area contributed by atoms with Crippen LogP contribution in [0.25, 0.3) is 5.57 Å². The minimum Gasteiger partial charge on any atom is -0.365 e. The molecular formula is C11H10N3O+. The molecule has 0 radical (unpaired) electrons. The Kier molecular flexibility index (Phi) is 3.36. The summed E-state index contributed by atoms with van der Waals surface area (Å²) >= 11 is 0. The fourth-order valence-corrected chi connectivity index (χ4v) is 1.19. The Bertz CT molecular complexity index is 454. The zero-order valence-electron chi connectivity index (χ0n) is 7.97. The number of benzene rings is 1. The van der Waals surface area contributed by atoms with E-state index in [1.807, 2.05) is 6.07 Å². The van der Waals surface area contributed by atoms with Crippen molar-refractivity contribution in [1.82, 2.24) is 0 Å². The average molecular weight is 200 g/mol. The van der Waals surface area contributed by atoms with Crippen molar-refractivity contribution < 1.29 is 10.2 Å². The van der Waals surface area contributed by atoms with Gasteiger partial charge in [-0.15, -0.1) is 0 Å². The van der Waals surface area contributed by atoms with Gasteiger partial charge in [-0.3, -0.25) is 10.2 Å². The van der Waals surface area contributed by atoms with Crippen molar-refractivity contribution in [3.8, 4) is 6.07 Å². The molecule has 1 rings (SSSR count). The number of nitrogens with two attached hydrogens (primary N) is 2. The molecule has 0 bridgehead atoms. The number of carbonyl (C=O) groups is 1. The van der Waals surface area contributed by atoms with Crippen LogP contribution in [-0.2, 0) is 4.79 Å². The van der Waals surface area contributed by atoms with E-state index in [0.717, 1.165) is 0 Å². The summed E-state index contributed by atoms with van der Waals surface area (Å²) in [6.07, 6.45) is 1.21. The van der Waals surface area contributed by atoms with E-state index in [4.69, 9.17) is 16.4 Å². The van der Waals surface area contributed by atoms with E-state index in [-0.39, 0.29) is 5.57 Å². The van der Waals surface area contributed by atoms with E-state index in [9.17, 15) is 4.79 Å². The van der Waals surface area contributed by atoms with Crippen LogP contribution in [0.1, 0.15) is 5.56 Å². The van der Waals surface area contributed by atoms with Crippen molar-refractivity contribution >= 4 is 17.7 Å². The first-order valence-electron chi connectivity index (χ1n) is 4.25. The summed E-state index contributed by atoms with van der Waals surface area (Å²) in [7, 11) is 0. The van der Waals surface area contributed by atoms with Crippen molar-refractivity contribution in [3.05, 3.63) is 41.5 Å². The Hall–Kier alpha value is -2.41. The van der Waals surface area contributed by atoms with Crippen LogP contribution in [-0.4, -0.2) is 12.1 Å². The lowest BCUT2D eigenvalue weighted by Gasteiger charge is -2.00. The van der Waals surface area contributed by atoms with E-state index in [1.54, 1.807) is 30.3 Å². The Labute approximate surface area is 87.1 Å². The molecule has 0 spiro atoms. The van der Waals surface area contributed by atoms with E-state index >= 15 is 0 Å². The molecule has 4 nitrogen and oxygen atoms in total. The topological polar surface area (TPSA) is 92.5 Å². The van der Waals surface area contributed by atoms with E-state index in [1.165, 1.54) is 6.21 Å². The zero-order valence-corrected chi connectivity index (χ0v) is 7.97. The van der Waals surface area contributed by atoms with Gasteiger partial charge in [-0.1, -0.05) is 30.3 Å². The van der Waals surface area contributed by atoms with Crippen molar-refractivity contribution in [2.75, 3.05) is 0 Å². The molecule has 0 aliphatic rings. The summed E-state index contributed by atoms with van der Waals surface area (Å²) in [5, 5.41) is 14.2. The molecular weight excluding hydrogens is 190 g/mol. The Balaban J connectivity index is 3.37. The van der Waals surface area contributed by atoms with Gasteiger partial charge in [-0.05, 0) is 5.56 Å². The minimum absolute atomic E-state index is 0.135. The molecule has 0 aliphatic carbocycles. The predicted molar refractivity (Wildman–Crippen MR) is 56.2 cm³/mol. The molecule has 0 atom stereocenters. The molecule has 1 amide bonds. The monoisotopic (exact) mass is 200 g/mol. The number of hydrogen-bond acceptors (Lipinski definition) is 2. The standard InChI is InChI=1S/C11H9N3O/c12-6-9(10(7-13)11(14)15)8-4-2-1-3-5-8/h1-6,12H,(H2,14,15)/p+1/b10-9+,12-6?. The SMILES string of the molecule is N#C/C(C(N)=O)=C(/C=[NH2+])c1ccccc1. The summed E-state index contributed by atoms with van der Waals surface area (Å²) in [6, 6.07) is 10.6. The van der Waals surface area contributed by atoms with Gasteiger partial charge in [0.05, 0.1) is 5.57 Å². The van der Waals surface area contributed by atoms with Crippen LogP contribution < -0.4 is 11.1 Å². The second-order valence-electron chi connectivity index (χ2n) is 2.80. The highest BCUT2D eigenvalue weighted by atomic mass is 16.1. The van der Waals surface area contributed by atoms with E-state index in [2.05, 4.69) is 0 Å². The van der Waals surface area contributed by atoms with Gasteiger partial charge in [0, 0.05) is 0 Å². The molecule has 0 unspecified atom stereocenters. The number of nitrogens with zero attached hydrogens (tertiary/aromatic N) is 1. The second kappa shape index (κ2) is 4.72. The molecule has 1 aromatic rings. The number of nitriles is 1. The maximum Gasteiger partial charge on any atom is 0.260 e. The highest BCUT2D eigenvalue weighted by molar-refractivity contribution is 6.18. The number of rotatable bonds is 3. The first-order valence-corrected chi connectivity index (χ1v) is 4.25. The summed E-state index contributed by atoms with van der Waals surface area (Å²) < 4.78 is 0. The number of hydrogen-bond donors (Lipinski definition) is 2. The zero-order chi connectivity index (χ0) is 11.3. The molecule has 0 saturated heterocycles. The van der Waals surface area contributed by atoms with Gasteiger partial charge in [-0.2, -0.15) is 5.26 Å². The minimum atomic E-state index is -0.780. The number of primary amides is 1. The molecule has 0 aliphatic heterocycles. The van der Waals surface area contributed by atoms with Crippen molar-refractivity contribution in [1.29, 1.82) is 5.26 Å². The summed E-state index contributed by atoms with van der Waals surface area (Å²) in [5.41, 5.74) is 5.97.